The Bertz CT molecular complexity index is 477. The van der Waals surface area contributed by atoms with Crippen LogP contribution >= 0.6 is 0 Å². The third-order valence-corrected chi connectivity index (χ3v) is 5.34. The molecular formula is C17H28N2O2. The molecule has 0 saturated heterocycles. The van der Waals surface area contributed by atoms with E-state index in [1.807, 2.05) is 6.92 Å². The maximum atomic E-state index is 12.3. The molecule has 0 radical (unpaired) electrons. The summed E-state index contributed by atoms with van der Waals surface area (Å²) < 4.78 is 5.07. The van der Waals surface area contributed by atoms with Crippen molar-refractivity contribution in [2.24, 2.45) is 11.3 Å². The molecule has 0 aliphatic heterocycles. The van der Waals surface area contributed by atoms with Crippen LogP contribution in [0.2, 0.25) is 0 Å². The zero-order valence-corrected chi connectivity index (χ0v) is 14.0. The van der Waals surface area contributed by atoms with Gasteiger partial charge in [0.25, 0.3) is 5.91 Å². The number of amides is 1. The van der Waals surface area contributed by atoms with Gasteiger partial charge in [0.2, 0.25) is 0 Å². The fourth-order valence-corrected chi connectivity index (χ4v) is 3.37. The highest BCUT2D eigenvalue weighted by molar-refractivity contribution is 5.96. The van der Waals surface area contributed by atoms with E-state index in [-0.39, 0.29) is 11.9 Å². The molecule has 4 nitrogen and oxygen atoms in total. The van der Waals surface area contributed by atoms with E-state index in [9.17, 15) is 4.79 Å². The van der Waals surface area contributed by atoms with E-state index in [2.05, 4.69) is 31.2 Å². The van der Waals surface area contributed by atoms with Crippen LogP contribution in [0.1, 0.15) is 74.7 Å². The average molecular weight is 292 g/mol. The van der Waals surface area contributed by atoms with Gasteiger partial charge in [0.1, 0.15) is 11.3 Å². The zero-order chi connectivity index (χ0) is 15.6. The van der Waals surface area contributed by atoms with Crippen LogP contribution in [-0.2, 0) is 0 Å². The lowest BCUT2D eigenvalue weighted by Crippen LogP contribution is -2.40. The highest BCUT2D eigenvalue weighted by atomic mass is 16.5. The number of hydrogen-bond acceptors (Lipinski definition) is 3. The van der Waals surface area contributed by atoms with Crippen molar-refractivity contribution in [2.75, 3.05) is 0 Å². The standard InChI is InChI=1S/C17H28N2O2/c1-6-17(4,5)13-7-9-14(10-8-13)18-16(20)15-11(2)19-21-12(15)3/h13-14H,6-10H2,1-5H3,(H,18,20). The number of aryl methyl sites for hydroxylation is 2. The van der Waals surface area contributed by atoms with Crippen molar-refractivity contribution in [2.45, 2.75) is 72.8 Å². The van der Waals surface area contributed by atoms with E-state index in [1.54, 1.807) is 6.92 Å². The van der Waals surface area contributed by atoms with Gasteiger partial charge in [0, 0.05) is 6.04 Å². The smallest absolute Gasteiger partial charge is 0.257 e. The van der Waals surface area contributed by atoms with Gasteiger partial charge in [-0.25, -0.2) is 0 Å². The molecule has 4 heteroatoms. The van der Waals surface area contributed by atoms with Crippen LogP contribution in [0.15, 0.2) is 4.52 Å². The van der Waals surface area contributed by atoms with Crippen molar-refractivity contribution >= 4 is 5.91 Å². The van der Waals surface area contributed by atoms with Gasteiger partial charge in [0.05, 0.1) is 5.69 Å². The summed E-state index contributed by atoms with van der Waals surface area (Å²) in [5.74, 6) is 1.34. The van der Waals surface area contributed by atoms with Crippen molar-refractivity contribution < 1.29 is 9.32 Å². The Kier molecular flexibility index (Phi) is 4.74. The first kappa shape index (κ1) is 16.1. The predicted octanol–water partition coefficient (Wildman–Crippen LogP) is 4.02. The van der Waals surface area contributed by atoms with Crippen LogP contribution in [0.4, 0.5) is 0 Å². The Balaban J connectivity index is 1.91. The molecule has 0 unspecified atom stereocenters. The van der Waals surface area contributed by atoms with Crippen LogP contribution in [-0.4, -0.2) is 17.1 Å². The quantitative estimate of drug-likeness (QED) is 0.912. The monoisotopic (exact) mass is 292 g/mol. The first-order valence-electron chi connectivity index (χ1n) is 8.09. The molecular weight excluding hydrogens is 264 g/mol. The van der Waals surface area contributed by atoms with E-state index in [1.165, 1.54) is 19.3 Å². The van der Waals surface area contributed by atoms with E-state index in [0.29, 0.717) is 22.4 Å². The third-order valence-electron chi connectivity index (χ3n) is 5.34. The molecule has 1 N–H and O–H groups in total. The number of carbonyl (C=O) groups is 1. The highest BCUT2D eigenvalue weighted by Gasteiger charge is 2.32. The molecule has 1 aliphatic carbocycles. The summed E-state index contributed by atoms with van der Waals surface area (Å²) in [6.45, 7) is 10.6. The number of carbonyl (C=O) groups excluding carboxylic acids is 1. The second-order valence-electron chi connectivity index (χ2n) is 7.06. The summed E-state index contributed by atoms with van der Waals surface area (Å²) in [5.41, 5.74) is 1.69. The third kappa shape index (κ3) is 3.47. The Hall–Kier alpha value is -1.32. The minimum absolute atomic E-state index is 0.0375. The highest BCUT2D eigenvalue weighted by Crippen LogP contribution is 2.40. The van der Waals surface area contributed by atoms with Gasteiger partial charge in [-0.05, 0) is 50.9 Å². The summed E-state index contributed by atoms with van der Waals surface area (Å²) in [6, 6.07) is 0.287. The second-order valence-corrected chi connectivity index (χ2v) is 7.06. The minimum Gasteiger partial charge on any atom is -0.361 e. The summed E-state index contributed by atoms with van der Waals surface area (Å²) in [4.78, 5) is 12.3. The van der Waals surface area contributed by atoms with Crippen molar-refractivity contribution in [3.8, 4) is 0 Å². The first-order valence-corrected chi connectivity index (χ1v) is 8.09. The van der Waals surface area contributed by atoms with Crippen molar-refractivity contribution in [1.82, 2.24) is 10.5 Å². The first-order chi connectivity index (χ1) is 9.85. The van der Waals surface area contributed by atoms with Crippen molar-refractivity contribution in [1.29, 1.82) is 0 Å². The van der Waals surface area contributed by atoms with Crippen molar-refractivity contribution in [3.63, 3.8) is 0 Å². The predicted molar refractivity (Wildman–Crippen MR) is 83.3 cm³/mol. The van der Waals surface area contributed by atoms with Gasteiger partial charge >= 0.3 is 0 Å². The number of rotatable bonds is 4. The largest absolute Gasteiger partial charge is 0.361 e. The topological polar surface area (TPSA) is 55.1 Å². The van der Waals surface area contributed by atoms with Crippen LogP contribution in [0, 0.1) is 25.2 Å². The molecule has 0 atom stereocenters. The molecule has 1 aliphatic rings. The van der Waals surface area contributed by atoms with Crippen LogP contribution < -0.4 is 5.32 Å². The number of aromatic nitrogens is 1. The Labute approximate surface area is 127 Å². The van der Waals surface area contributed by atoms with E-state index in [4.69, 9.17) is 4.52 Å². The molecule has 21 heavy (non-hydrogen) atoms. The maximum Gasteiger partial charge on any atom is 0.257 e. The molecule has 1 amide bonds. The van der Waals surface area contributed by atoms with Crippen LogP contribution in [0.25, 0.3) is 0 Å². The number of nitrogens with zero attached hydrogens (tertiary/aromatic N) is 1. The van der Waals surface area contributed by atoms with Crippen molar-refractivity contribution in [3.05, 3.63) is 17.0 Å². The molecule has 1 saturated carbocycles. The van der Waals surface area contributed by atoms with Gasteiger partial charge in [-0.1, -0.05) is 32.3 Å². The van der Waals surface area contributed by atoms with E-state index in [0.717, 1.165) is 18.8 Å². The summed E-state index contributed by atoms with van der Waals surface area (Å²) in [7, 11) is 0. The lowest BCUT2D eigenvalue weighted by Gasteiger charge is -2.39. The molecule has 1 aromatic heterocycles. The number of nitrogens with one attached hydrogen (secondary N) is 1. The lowest BCUT2D eigenvalue weighted by atomic mass is 9.69. The Morgan fingerprint density at radius 1 is 1.29 bits per heavy atom. The summed E-state index contributed by atoms with van der Waals surface area (Å²) in [5, 5.41) is 7.00. The zero-order valence-electron chi connectivity index (χ0n) is 14.0. The minimum atomic E-state index is -0.0375. The van der Waals surface area contributed by atoms with Crippen LogP contribution in [0.5, 0.6) is 0 Å². The molecule has 0 aromatic carbocycles. The molecule has 1 heterocycles. The number of hydrogen-bond donors (Lipinski definition) is 1. The molecule has 2 rings (SSSR count). The summed E-state index contributed by atoms with van der Waals surface area (Å²) >= 11 is 0. The van der Waals surface area contributed by atoms with Gasteiger partial charge in [-0.3, -0.25) is 4.79 Å². The molecule has 0 bridgehead atoms. The average Bonchev–Trinajstić information content (AvgIpc) is 2.78. The molecule has 1 aromatic rings. The Morgan fingerprint density at radius 3 is 2.38 bits per heavy atom. The Morgan fingerprint density at radius 2 is 1.90 bits per heavy atom. The molecule has 1 fully saturated rings. The SMILES string of the molecule is CCC(C)(C)C1CCC(NC(=O)c2c(C)noc2C)CC1. The molecule has 118 valence electrons. The van der Waals surface area contributed by atoms with Gasteiger partial charge in [-0.2, -0.15) is 0 Å². The van der Waals surface area contributed by atoms with E-state index < -0.39 is 0 Å². The summed E-state index contributed by atoms with van der Waals surface area (Å²) in [6.07, 6.45) is 5.76. The normalized spacial score (nSPS) is 23.1. The molecule has 0 spiro atoms. The fourth-order valence-electron chi connectivity index (χ4n) is 3.37. The van der Waals surface area contributed by atoms with Gasteiger partial charge in [-0.15, -0.1) is 0 Å². The van der Waals surface area contributed by atoms with Gasteiger partial charge < -0.3 is 9.84 Å². The van der Waals surface area contributed by atoms with Crippen LogP contribution in [0.3, 0.4) is 0 Å². The fraction of sp³-hybridized carbons (Fsp3) is 0.765. The second kappa shape index (κ2) is 6.20. The maximum absolute atomic E-state index is 12.3. The lowest BCUT2D eigenvalue weighted by molar-refractivity contribution is 0.0891. The van der Waals surface area contributed by atoms with E-state index >= 15 is 0 Å². The van der Waals surface area contributed by atoms with Gasteiger partial charge in [0.15, 0.2) is 0 Å².